The number of nitrogens with zero attached hydrogens (tertiary/aromatic N) is 2. The molecule has 0 saturated heterocycles. The number of aromatic nitrogens is 2. The van der Waals surface area contributed by atoms with Crippen molar-refractivity contribution >= 4 is 17.6 Å². The van der Waals surface area contributed by atoms with E-state index in [2.05, 4.69) is 15.7 Å². The molecule has 33 heavy (non-hydrogen) atoms. The molecule has 2 amide bonds. The number of carbonyl (C=O) groups is 2. The number of hydrogen-bond donors (Lipinski definition) is 2. The van der Waals surface area contributed by atoms with Gasteiger partial charge in [0.15, 0.2) is 0 Å². The van der Waals surface area contributed by atoms with E-state index in [1.165, 1.54) is 19.1 Å². The Morgan fingerprint density at radius 3 is 2.39 bits per heavy atom. The van der Waals surface area contributed by atoms with Crippen LogP contribution < -0.4 is 10.6 Å². The second-order valence-corrected chi connectivity index (χ2v) is 7.56. The lowest BCUT2D eigenvalue weighted by molar-refractivity contribution is -0.114. The molecule has 0 saturated carbocycles. The van der Waals surface area contributed by atoms with E-state index < -0.39 is 0 Å². The zero-order valence-electron chi connectivity index (χ0n) is 18.1. The standard InChI is InChI=1S/C26H23FN4O2/c1-18(32)29-25-17-24(20-7-3-2-4-8-20)30-31(25)23-12-10-21(11-13-23)26(33)28-15-14-19-6-5-9-22(27)16-19/h2-13,16-17H,14-15H2,1H3,(H,28,33)(H,29,32). The Balaban J connectivity index is 1.48. The number of halogens is 1. The van der Waals surface area contributed by atoms with Crippen LogP contribution in [-0.4, -0.2) is 28.1 Å². The summed E-state index contributed by atoms with van der Waals surface area (Å²) in [7, 11) is 0. The average molecular weight is 442 g/mol. The quantitative estimate of drug-likeness (QED) is 0.439. The Morgan fingerprint density at radius 1 is 0.939 bits per heavy atom. The number of benzene rings is 3. The van der Waals surface area contributed by atoms with Crippen LogP contribution in [-0.2, 0) is 11.2 Å². The van der Waals surface area contributed by atoms with Gasteiger partial charge in [0.05, 0.1) is 11.4 Å². The number of rotatable bonds is 7. The second-order valence-electron chi connectivity index (χ2n) is 7.56. The van der Waals surface area contributed by atoms with Crippen LogP contribution in [0.5, 0.6) is 0 Å². The predicted octanol–water partition coefficient (Wildman–Crippen LogP) is 4.61. The molecule has 1 heterocycles. The van der Waals surface area contributed by atoms with Gasteiger partial charge in [-0.05, 0) is 48.4 Å². The minimum Gasteiger partial charge on any atom is -0.352 e. The molecular formula is C26H23FN4O2. The van der Waals surface area contributed by atoms with Crippen LogP contribution >= 0.6 is 0 Å². The summed E-state index contributed by atoms with van der Waals surface area (Å²) in [4.78, 5) is 24.2. The van der Waals surface area contributed by atoms with Crippen LogP contribution in [0.15, 0.2) is 84.9 Å². The summed E-state index contributed by atoms with van der Waals surface area (Å²) in [6, 6.07) is 24.8. The molecule has 1 aromatic heterocycles. The average Bonchev–Trinajstić information content (AvgIpc) is 3.23. The summed E-state index contributed by atoms with van der Waals surface area (Å²) in [5.74, 6) is -0.175. The minimum absolute atomic E-state index is 0.204. The van der Waals surface area contributed by atoms with Crippen molar-refractivity contribution in [2.45, 2.75) is 13.3 Å². The highest BCUT2D eigenvalue weighted by Crippen LogP contribution is 2.25. The van der Waals surface area contributed by atoms with Gasteiger partial charge in [0, 0.05) is 30.7 Å². The lowest BCUT2D eigenvalue weighted by Gasteiger charge is -2.09. The van der Waals surface area contributed by atoms with E-state index in [0.29, 0.717) is 30.0 Å². The van der Waals surface area contributed by atoms with E-state index in [0.717, 1.165) is 16.8 Å². The summed E-state index contributed by atoms with van der Waals surface area (Å²) in [6.45, 7) is 1.84. The van der Waals surface area contributed by atoms with Crippen LogP contribution in [0.1, 0.15) is 22.8 Å². The largest absolute Gasteiger partial charge is 0.352 e. The zero-order valence-corrected chi connectivity index (χ0v) is 18.1. The van der Waals surface area contributed by atoms with Gasteiger partial charge in [0.25, 0.3) is 5.91 Å². The van der Waals surface area contributed by atoms with Gasteiger partial charge in [0.2, 0.25) is 5.91 Å². The molecule has 0 aliphatic carbocycles. The Bertz CT molecular complexity index is 1270. The molecule has 6 nitrogen and oxygen atoms in total. The number of amides is 2. The van der Waals surface area contributed by atoms with Gasteiger partial charge < -0.3 is 10.6 Å². The zero-order chi connectivity index (χ0) is 23.2. The first-order valence-electron chi connectivity index (χ1n) is 10.6. The molecule has 0 aliphatic heterocycles. The van der Waals surface area contributed by atoms with E-state index >= 15 is 0 Å². The summed E-state index contributed by atoms with van der Waals surface area (Å²) >= 11 is 0. The molecule has 0 atom stereocenters. The van der Waals surface area contributed by atoms with E-state index in [1.807, 2.05) is 42.5 Å². The fraction of sp³-hybridized carbons (Fsp3) is 0.115. The van der Waals surface area contributed by atoms with Crippen LogP contribution in [0, 0.1) is 5.82 Å². The highest BCUT2D eigenvalue weighted by atomic mass is 19.1. The maximum Gasteiger partial charge on any atom is 0.251 e. The monoisotopic (exact) mass is 442 g/mol. The lowest BCUT2D eigenvalue weighted by Crippen LogP contribution is -2.25. The molecule has 166 valence electrons. The minimum atomic E-state index is -0.290. The number of anilines is 1. The first-order chi connectivity index (χ1) is 16.0. The van der Waals surface area contributed by atoms with E-state index in [1.54, 1.807) is 35.0 Å². The maximum atomic E-state index is 13.3. The third-order valence-corrected chi connectivity index (χ3v) is 5.05. The fourth-order valence-corrected chi connectivity index (χ4v) is 3.47. The molecule has 4 rings (SSSR count). The highest BCUT2D eigenvalue weighted by Gasteiger charge is 2.13. The second kappa shape index (κ2) is 9.91. The Labute approximate surface area is 191 Å². The van der Waals surface area contributed by atoms with E-state index in [-0.39, 0.29) is 17.6 Å². The number of carbonyl (C=O) groups excluding carboxylic acids is 2. The van der Waals surface area contributed by atoms with E-state index in [4.69, 9.17) is 0 Å². The summed E-state index contributed by atoms with van der Waals surface area (Å²) in [5, 5.41) is 10.3. The molecular weight excluding hydrogens is 419 g/mol. The number of nitrogens with one attached hydrogen (secondary N) is 2. The summed E-state index contributed by atoms with van der Waals surface area (Å²) in [6.07, 6.45) is 0.539. The Kier molecular flexibility index (Phi) is 6.59. The number of hydrogen-bond acceptors (Lipinski definition) is 3. The van der Waals surface area contributed by atoms with Crippen molar-refractivity contribution in [1.82, 2.24) is 15.1 Å². The van der Waals surface area contributed by atoms with Crippen LogP contribution in [0.25, 0.3) is 16.9 Å². The van der Waals surface area contributed by atoms with Crippen LogP contribution in [0.3, 0.4) is 0 Å². The van der Waals surface area contributed by atoms with Crippen molar-refractivity contribution < 1.29 is 14.0 Å². The smallest absolute Gasteiger partial charge is 0.251 e. The Morgan fingerprint density at radius 2 is 1.70 bits per heavy atom. The molecule has 0 unspecified atom stereocenters. The topological polar surface area (TPSA) is 76.0 Å². The van der Waals surface area contributed by atoms with Crippen molar-refractivity contribution in [3.8, 4) is 16.9 Å². The van der Waals surface area contributed by atoms with Gasteiger partial charge in [-0.15, -0.1) is 0 Å². The van der Waals surface area contributed by atoms with Crippen LogP contribution in [0.2, 0.25) is 0 Å². The molecule has 0 fully saturated rings. The van der Waals surface area contributed by atoms with Gasteiger partial charge in [-0.1, -0.05) is 42.5 Å². The highest BCUT2D eigenvalue weighted by molar-refractivity contribution is 5.94. The molecule has 3 aromatic carbocycles. The molecule has 0 aliphatic rings. The lowest BCUT2D eigenvalue weighted by atomic mass is 10.1. The molecule has 0 radical (unpaired) electrons. The van der Waals surface area contributed by atoms with Gasteiger partial charge in [-0.25, -0.2) is 9.07 Å². The van der Waals surface area contributed by atoms with Crippen molar-refractivity contribution in [3.63, 3.8) is 0 Å². The van der Waals surface area contributed by atoms with Gasteiger partial charge in [-0.2, -0.15) is 5.10 Å². The van der Waals surface area contributed by atoms with Crippen molar-refractivity contribution in [3.05, 3.63) is 102 Å². The van der Waals surface area contributed by atoms with Crippen molar-refractivity contribution in [1.29, 1.82) is 0 Å². The van der Waals surface area contributed by atoms with Crippen molar-refractivity contribution in [2.24, 2.45) is 0 Å². The first-order valence-corrected chi connectivity index (χ1v) is 10.6. The SMILES string of the molecule is CC(=O)Nc1cc(-c2ccccc2)nn1-c1ccc(C(=O)NCCc2cccc(F)c2)cc1. The molecule has 4 aromatic rings. The predicted molar refractivity (Wildman–Crippen MR) is 126 cm³/mol. The fourth-order valence-electron chi connectivity index (χ4n) is 3.47. The molecule has 7 heteroatoms. The summed E-state index contributed by atoms with van der Waals surface area (Å²) in [5.41, 5.74) is 3.67. The Hall–Kier alpha value is -4.26. The molecule has 2 N–H and O–H groups in total. The van der Waals surface area contributed by atoms with E-state index in [9.17, 15) is 14.0 Å². The maximum absolute atomic E-state index is 13.3. The van der Waals surface area contributed by atoms with Gasteiger partial charge in [0.1, 0.15) is 11.6 Å². The third-order valence-electron chi connectivity index (χ3n) is 5.05. The normalized spacial score (nSPS) is 10.6. The first kappa shape index (κ1) is 22.0. The van der Waals surface area contributed by atoms with Gasteiger partial charge in [-0.3, -0.25) is 9.59 Å². The van der Waals surface area contributed by atoms with Crippen molar-refractivity contribution in [2.75, 3.05) is 11.9 Å². The van der Waals surface area contributed by atoms with Crippen LogP contribution in [0.4, 0.5) is 10.2 Å². The summed E-state index contributed by atoms with van der Waals surface area (Å²) < 4.78 is 14.9. The van der Waals surface area contributed by atoms with Gasteiger partial charge >= 0.3 is 0 Å². The third kappa shape index (κ3) is 5.51. The molecule has 0 spiro atoms. The molecule has 0 bridgehead atoms.